The van der Waals surface area contributed by atoms with Gasteiger partial charge in [0, 0.05) is 36.5 Å². The molecule has 3 aromatic rings. The van der Waals surface area contributed by atoms with Gasteiger partial charge in [-0.05, 0) is 82.3 Å². The standard InChI is InChI=1S/C27H33N5O/c1-3-31-16-22(18(2)29-31)15-28-26(33)24-17-32(23-7-5-4-6-8-23)30-25(24)27-12-19-9-20(13-27)11-21(10-19)14-27/h4-8,16-17,19-21H,3,9-15H2,1-2H3,(H,28,33). The number of benzene rings is 1. The molecule has 172 valence electrons. The number of hydrogen-bond donors (Lipinski definition) is 1. The maximum Gasteiger partial charge on any atom is 0.255 e. The molecule has 6 heteroatoms. The highest BCUT2D eigenvalue weighted by molar-refractivity contribution is 5.95. The van der Waals surface area contributed by atoms with Gasteiger partial charge in [0.1, 0.15) is 0 Å². The summed E-state index contributed by atoms with van der Waals surface area (Å²) in [5.74, 6) is 2.39. The van der Waals surface area contributed by atoms with E-state index in [2.05, 4.69) is 29.5 Å². The minimum atomic E-state index is -0.0217. The normalized spacial score (nSPS) is 27.8. The predicted octanol–water partition coefficient (Wildman–Crippen LogP) is 4.79. The van der Waals surface area contributed by atoms with Gasteiger partial charge < -0.3 is 5.32 Å². The van der Waals surface area contributed by atoms with Crippen LogP contribution in [0.4, 0.5) is 0 Å². The molecule has 4 bridgehead atoms. The fourth-order valence-corrected chi connectivity index (χ4v) is 7.21. The van der Waals surface area contributed by atoms with Crippen molar-refractivity contribution in [1.82, 2.24) is 24.9 Å². The zero-order valence-electron chi connectivity index (χ0n) is 19.6. The first-order chi connectivity index (χ1) is 16.0. The van der Waals surface area contributed by atoms with E-state index in [1.165, 1.54) is 38.5 Å². The van der Waals surface area contributed by atoms with Crippen LogP contribution in [0.15, 0.2) is 42.7 Å². The number of hydrogen-bond acceptors (Lipinski definition) is 3. The second-order valence-electron chi connectivity index (χ2n) is 10.6. The second kappa shape index (κ2) is 7.86. The van der Waals surface area contributed by atoms with E-state index in [1.807, 2.05) is 46.9 Å². The van der Waals surface area contributed by atoms with Gasteiger partial charge in [0.2, 0.25) is 0 Å². The number of carbonyl (C=O) groups is 1. The molecule has 4 aliphatic carbocycles. The van der Waals surface area contributed by atoms with Gasteiger partial charge in [0.15, 0.2) is 0 Å². The lowest BCUT2D eigenvalue weighted by atomic mass is 9.48. The second-order valence-corrected chi connectivity index (χ2v) is 10.6. The molecule has 6 nitrogen and oxygen atoms in total. The molecule has 2 heterocycles. The van der Waals surface area contributed by atoms with Gasteiger partial charge in [-0.15, -0.1) is 0 Å². The van der Waals surface area contributed by atoms with Gasteiger partial charge in [-0.2, -0.15) is 10.2 Å². The van der Waals surface area contributed by atoms with Crippen LogP contribution in [0.2, 0.25) is 0 Å². The van der Waals surface area contributed by atoms with Crippen LogP contribution in [0.25, 0.3) is 5.69 Å². The molecular weight excluding hydrogens is 410 g/mol. The van der Waals surface area contributed by atoms with Crippen molar-refractivity contribution in [2.45, 2.75) is 70.9 Å². The van der Waals surface area contributed by atoms with Crippen LogP contribution in [0.1, 0.15) is 72.8 Å². The number of nitrogens with zero attached hydrogens (tertiary/aromatic N) is 4. The summed E-state index contributed by atoms with van der Waals surface area (Å²) in [6.07, 6.45) is 11.7. The van der Waals surface area contributed by atoms with E-state index in [0.29, 0.717) is 6.54 Å². The first-order valence-corrected chi connectivity index (χ1v) is 12.5. The van der Waals surface area contributed by atoms with Crippen LogP contribution in [0, 0.1) is 24.7 Å². The predicted molar refractivity (Wildman–Crippen MR) is 127 cm³/mol. The summed E-state index contributed by atoms with van der Waals surface area (Å²) in [5.41, 5.74) is 4.88. The fourth-order valence-electron chi connectivity index (χ4n) is 7.21. The highest BCUT2D eigenvalue weighted by atomic mass is 16.1. The SMILES string of the molecule is CCn1cc(CNC(=O)c2cn(-c3ccccc3)nc2C23CC4CC(CC(C4)C2)C3)c(C)n1. The zero-order valence-corrected chi connectivity index (χ0v) is 19.6. The van der Waals surface area contributed by atoms with Crippen LogP contribution in [0.3, 0.4) is 0 Å². The molecule has 0 aliphatic heterocycles. The Labute approximate surface area is 195 Å². The van der Waals surface area contributed by atoms with E-state index in [4.69, 9.17) is 5.10 Å². The Morgan fingerprint density at radius 3 is 2.30 bits per heavy atom. The Hall–Kier alpha value is -2.89. The Kier molecular flexibility index (Phi) is 4.93. The van der Waals surface area contributed by atoms with Crippen molar-refractivity contribution in [3.05, 3.63) is 65.2 Å². The van der Waals surface area contributed by atoms with Crippen molar-refractivity contribution in [3.8, 4) is 5.69 Å². The molecule has 1 N–H and O–H groups in total. The number of rotatable bonds is 6. The molecule has 1 aromatic carbocycles. The molecule has 7 rings (SSSR count). The minimum Gasteiger partial charge on any atom is -0.348 e. The summed E-state index contributed by atoms with van der Waals surface area (Å²) >= 11 is 0. The molecule has 0 saturated heterocycles. The average molecular weight is 444 g/mol. The smallest absolute Gasteiger partial charge is 0.255 e. The van der Waals surface area contributed by atoms with Crippen LogP contribution in [-0.4, -0.2) is 25.5 Å². The quantitative estimate of drug-likeness (QED) is 0.595. The van der Waals surface area contributed by atoms with Crippen molar-refractivity contribution < 1.29 is 4.79 Å². The maximum absolute atomic E-state index is 13.6. The third-order valence-corrected chi connectivity index (χ3v) is 8.33. The number of para-hydroxylation sites is 1. The summed E-state index contributed by atoms with van der Waals surface area (Å²) in [6, 6.07) is 10.2. The van der Waals surface area contributed by atoms with Crippen molar-refractivity contribution in [2.75, 3.05) is 0 Å². The van der Waals surface area contributed by atoms with Gasteiger partial charge in [-0.25, -0.2) is 4.68 Å². The summed E-state index contributed by atoms with van der Waals surface area (Å²) < 4.78 is 3.84. The molecule has 0 atom stereocenters. The first-order valence-electron chi connectivity index (χ1n) is 12.5. The largest absolute Gasteiger partial charge is 0.348 e. The van der Waals surface area contributed by atoms with Gasteiger partial charge in [-0.3, -0.25) is 9.48 Å². The molecular formula is C27H33N5O. The summed E-state index contributed by atoms with van der Waals surface area (Å²) in [5, 5.41) is 12.8. The lowest BCUT2D eigenvalue weighted by Gasteiger charge is -2.56. The molecule has 0 spiro atoms. The van der Waals surface area contributed by atoms with Crippen molar-refractivity contribution in [1.29, 1.82) is 0 Å². The van der Waals surface area contributed by atoms with Crippen LogP contribution < -0.4 is 5.32 Å². The average Bonchev–Trinajstić information content (AvgIpc) is 3.42. The van der Waals surface area contributed by atoms with Gasteiger partial charge in [0.25, 0.3) is 5.91 Å². The Morgan fingerprint density at radius 2 is 1.70 bits per heavy atom. The van der Waals surface area contributed by atoms with Crippen LogP contribution in [0.5, 0.6) is 0 Å². The number of amides is 1. The fraction of sp³-hybridized carbons (Fsp3) is 0.519. The third kappa shape index (κ3) is 3.60. The van der Waals surface area contributed by atoms with Crippen LogP contribution in [-0.2, 0) is 18.5 Å². The number of nitrogens with one attached hydrogen (secondary N) is 1. The van der Waals surface area contributed by atoms with Gasteiger partial charge in [-0.1, -0.05) is 18.2 Å². The summed E-state index contributed by atoms with van der Waals surface area (Å²) in [6.45, 7) is 5.39. The summed E-state index contributed by atoms with van der Waals surface area (Å²) in [4.78, 5) is 13.6. The lowest BCUT2D eigenvalue weighted by molar-refractivity contribution is -0.00770. The monoisotopic (exact) mass is 443 g/mol. The summed E-state index contributed by atoms with van der Waals surface area (Å²) in [7, 11) is 0. The van der Waals surface area contributed by atoms with E-state index in [1.54, 1.807) is 0 Å². The maximum atomic E-state index is 13.6. The third-order valence-electron chi connectivity index (χ3n) is 8.33. The Balaban J connectivity index is 1.35. The molecule has 1 amide bonds. The van der Waals surface area contributed by atoms with E-state index < -0.39 is 0 Å². The topological polar surface area (TPSA) is 64.7 Å². The highest BCUT2D eigenvalue weighted by Crippen LogP contribution is 2.60. The lowest BCUT2D eigenvalue weighted by Crippen LogP contribution is -2.49. The number of aryl methyl sites for hydroxylation is 2. The van der Waals surface area contributed by atoms with E-state index in [9.17, 15) is 4.79 Å². The highest BCUT2D eigenvalue weighted by Gasteiger charge is 2.53. The molecule has 2 aromatic heterocycles. The van der Waals surface area contributed by atoms with Crippen molar-refractivity contribution in [3.63, 3.8) is 0 Å². The van der Waals surface area contributed by atoms with Crippen molar-refractivity contribution >= 4 is 5.91 Å². The molecule has 0 radical (unpaired) electrons. The zero-order chi connectivity index (χ0) is 22.6. The molecule has 0 unspecified atom stereocenters. The van der Waals surface area contributed by atoms with Gasteiger partial charge in [0.05, 0.1) is 22.6 Å². The number of aromatic nitrogens is 4. The Morgan fingerprint density at radius 1 is 1.03 bits per heavy atom. The molecule has 4 aliphatic rings. The van der Waals surface area contributed by atoms with E-state index >= 15 is 0 Å². The minimum absolute atomic E-state index is 0.0217. The number of carbonyl (C=O) groups excluding carboxylic acids is 1. The molecule has 4 fully saturated rings. The molecule has 4 saturated carbocycles. The Bertz CT molecular complexity index is 1140. The molecule has 33 heavy (non-hydrogen) atoms. The first kappa shape index (κ1) is 20.7. The van der Waals surface area contributed by atoms with Gasteiger partial charge >= 0.3 is 0 Å². The van der Waals surface area contributed by atoms with E-state index in [0.717, 1.165) is 52.5 Å². The van der Waals surface area contributed by atoms with Crippen LogP contribution >= 0.6 is 0 Å². The van der Waals surface area contributed by atoms with E-state index in [-0.39, 0.29) is 11.3 Å². The van der Waals surface area contributed by atoms with Crippen molar-refractivity contribution in [2.24, 2.45) is 17.8 Å².